The van der Waals surface area contributed by atoms with Crippen LogP contribution in [-0.2, 0) is 11.3 Å². The molecule has 16 heavy (non-hydrogen) atoms. The SMILES string of the molecule is CNCCN(CC=O)Cc1cccc(C)c1. The molecule has 88 valence electrons. The first-order valence-electron chi connectivity index (χ1n) is 5.62. The predicted molar refractivity (Wildman–Crippen MR) is 66.4 cm³/mol. The Morgan fingerprint density at radius 1 is 1.44 bits per heavy atom. The molecule has 0 heterocycles. The molecule has 0 unspecified atom stereocenters. The molecule has 1 aromatic carbocycles. The first-order valence-corrected chi connectivity index (χ1v) is 5.62. The van der Waals surface area contributed by atoms with Crippen LogP contribution in [0.3, 0.4) is 0 Å². The van der Waals surface area contributed by atoms with E-state index in [2.05, 4.69) is 41.4 Å². The van der Waals surface area contributed by atoms with Crippen LogP contribution >= 0.6 is 0 Å². The van der Waals surface area contributed by atoms with Crippen LogP contribution in [-0.4, -0.2) is 37.9 Å². The van der Waals surface area contributed by atoms with Gasteiger partial charge < -0.3 is 10.1 Å². The van der Waals surface area contributed by atoms with Crippen molar-refractivity contribution in [3.8, 4) is 0 Å². The van der Waals surface area contributed by atoms with E-state index in [1.165, 1.54) is 11.1 Å². The highest BCUT2D eigenvalue weighted by molar-refractivity contribution is 5.52. The highest BCUT2D eigenvalue weighted by Gasteiger charge is 2.04. The molecule has 0 atom stereocenters. The number of benzene rings is 1. The Kier molecular flexibility index (Phi) is 5.75. The van der Waals surface area contributed by atoms with Gasteiger partial charge in [0.2, 0.25) is 0 Å². The van der Waals surface area contributed by atoms with Gasteiger partial charge in [-0.05, 0) is 19.5 Å². The van der Waals surface area contributed by atoms with Crippen molar-refractivity contribution >= 4 is 6.29 Å². The summed E-state index contributed by atoms with van der Waals surface area (Å²) in [5, 5.41) is 3.10. The monoisotopic (exact) mass is 220 g/mol. The molecule has 3 heteroatoms. The van der Waals surface area contributed by atoms with Crippen LogP contribution in [0.5, 0.6) is 0 Å². The van der Waals surface area contributed by atoms with E-state index in [0.717, 1.165) is 25.9 Å². The van der Waals surface area contributed by atoms with Crippen LogP contribution in [0, 0.1) is 6.92 Å². The second-order valence-corrected chi connectivity index (χ2v) is 3.99. The van der Waals surface area contributed by atoms with Crippen molar-refractivity contribution in [2.24, 2.45) is 0 Å². The van der Waals surface area contributed by atoms with Crippen LogP contribution in [0.25, 0.3) is 0 Å². The molecule has 0 aliphatic carbocycles. The van der Waals surface area contributed by atoms with Crippen molar-refractivity contribution in [1.82, 2.24) is 10.2 Å². The molecule has 0 aliphatic rings. The summed E-state index contributed by atoms with van der Waals surface area (Å²) in [7, 11) is 1.92. The number of likely N-dealkylation sites (N-methyl/N-ethyl adjacent to an activating group) is 1. The molecule has 0 radical (unpaired) electrons. The fraction of sp³-hybridized carbons (Fsp3) is 0.462. The normalized spacial score (nSPS) is 10.7. The van der Waals surface area contributed by atoms with Gasteiger partial charge in [-0.25, -0.2) is 0 Å². The zero-order valence-corrected chi connectivity index (χ0v) is 10.1. The van der Waals surface area contributed by atoms with E-state index >= 15 is 0 Å². The molecule has 0 aromatic heterocycles. The van der Waals surface area contributed by atoms with Gasteiger partial charge in [-0.15, -0.1) is 0 Å². The molecule has 1 aromatic rings. The second-order valence-electron chi connectivity index (χ2n) is 3.99. The minimum absolute atomic E-state index is 0.496. The Labute approximate surface area is 97.5 Å². The summed E-state index contributed by atoms with van der Waals surface area (Å²) in [5.41, 5.74) is 2.52. The predicted octanol–water partition coefficient (Wildman–Crippen LogP) is 1.22. The topological polar surface area (TPSA) is 32.3 Å². The molecule has 3 nitrogen and oxygen atoms in total. The van der Waals surface area contributed by atoms with Gasteiger partial charge in [0.15, 0.2) is 0 Å². The second kappa shape index (κ2) is 7.14. The van der Waals surface area contributed by atoms with Gasteiger partial charge in [0.05, 0.1) is 6.54 Å². The number of hydrogen-bond donors (Lipinski definition) is 1. The summed E-state index contributed by atoms with van der Waals surface area (Å²) in [4.78, 5) is 12.7. The van der Waals surface area contributed by atoms with E-state index in [1.54, 1.807) is 0 Å². The number of aryl methyl sites for hydroxylation is 1. The average molecular weight is 220 g/mol. The average Bonchev–Trinajstić information content (AvgIpc) is 2.26. The third kappa shape index (κ3) is 4.55. The molecule has 1 rings (SSSR count). The summed E-state index contributed by atoms with van der Waals surface area (Å²) in [6.07, 6.45) is 0.964. The zero-order valence-electron chi connectivity index (χ0n) is 10.1. The number of hydrogen-bond acceptors (Lipinski definition) is 3. The zero-order chi connectivity index (χ0) is 11.8. The Hall–Kier alpha value is -1.19. The molecule has 0 aliphatic heterocycles. The third-order valence-corrected chi connectivity index (χ3v) is 2.50. The van der Waals surface area contributed by atoms with Crippen molar-refractivity contribution in [3.05, 3.63) is 35.4 Å². The number of carbonyl (C=O) groups excluding carboxylic acids is 1. The van der Waals surface area contributed by atoms with E-state index in [0.29, 0.717) is 6.54 Å². The summed E-state index contributed by atoms with van der Waals surface area (Å²) >= 11 is 0. The van der Waals surface area contributed by atoms with Gasteiger partial charge in [-0.1, -0.05) is 29.8 Å². The fourth-order valence-electron chi connectivity index (χ4n) is 1.68. The van der Waals surface area contributed by atoms with Crippen LogP contribution in [0.1, 0.15) is 11.1 Å². The lowest BCUT2D eigenvalue weighted by molar-refractivity contribution is -0.108. The standard InChI is InChI=1S/C13H20N2O/c1-12-4-3-5-13(10-12)11-15(8-9-16)7-6-14-2/h3-5,9-10,14H,6-8,11H2,1-2H3. The Balaban J connectivity index is 2.56. The van der Waals surface area contributed by atoms with Gasteiger partial charge in [0.25, 0.3) is 0 Å². The first kappa shape index (κ1) is 12.9. The van der Waals surface area contributed by atoms with E-state index in [4.69, 9.17) is 0 Å². The molecular weight excluding hydrogens is 200 g/mol. The van der Waals surface area contributed by atoms with Crippen LogP contribution < -0.4 is 5.32 Å². The number of rotatable bonds is 7. The highest BCUT2D eigenvalue weighted by Crippen LogP contribution is 2.06. The quantitative estimate of drug-likeness (QED) is 0.701. The Bertz CT molecular complexity index is 325. The fourth-order valence-corrected chi connectivity index (χ4v) is 1.68. The summed E-state index contributed by atoms with van der Waals surface area (Å²) in [6.45, 7) is 5.21. The Morgan fingerprint density at radius 3 is 2.88 bits per heavy atom. The largest absolute Gasteiger partial charge is 0.318 e. The molecule has 0 saturated carbocycles. The van der Waals surface area contributed by atoms with Gasteiger partial charge in [-0.2, -0.15) is 0 Å². The van der Waals surface area contributed by atoms with Crippen LogP contribution in [0.2, 0.25) is 0 Å². The van der Waals surface area contributed by atoms with Gasteiger partial charge >= 0.3 is 0 Å². The van der Waals surface area contributed by atoms with Crippen molar-refractivity contribution in [2.45, 2.75) is 13.5 Å². The van der Waals surface area contributed by atoms with Gasteiger partial charge in [0.1, 0.15) is 6.29 Å². The van der Waals surface area contributed by atoms with Gasteiger partial charge in [0, 0.05) is 19.6 Å². The van der Waals surface area contributed by atoms with Crippen LogP contribution in [0.4, 0.5) is 0 Å². The third-order valence-electron chi connectivity index (χ3n) is 2.50. The first-order chi connectivity index (χ1) is 7.76. The highest BCUT2D eigenvalue weighted by atomic mass is 16.1. The lowest BCUT2D eigenvalue weighted by Gasteiger charge is -2.19. The van der Waals surface area contributed by atoms with E-state index in [1.807, 2.05) is 7.05 Å². The van der Waals surface area contributed by atoms with Crippen molar-refractivity contribution in [3.63, 3.8) is 0 Å². The minimum Gasteiger partial charge on any atom is -0.318 e. The number of carbonyl (C=O) groups is 1. The molecular formula is C13H20N2O. The van der Waals surface area contributed by atoms with E-state index < -0.39 is 0 Å². The minimum atomic E-state index is 0.496. The molecule has 0 fully saturated rings. The van der Waals surface area contributed by atoms with Crippen molar-refractivity contribution in [1.29, 1.82) is 0 Å². The van der Waals surface area contributed by atoms with Crippen LogP contribution in [0.15, 0.2) is 24.3 Å². The maximum absolute atomic E-state index is 10.6. The van der Waals surface area contributed by atoms with E-state index in [9.17, 15) is 4.79 Å². The maximum Gasteiger partial charge on any atom is 0.133 e. The van der Waals surface area contributed by atoms with Crippen molar-refractivity contribution in [2.75, 3.05) is 26.7 Å². The molecule has 0 spiro atoms. The Morgan fingerprint density at radius 2 is 2.25 bits per heavy atom. The molecule has 0 saturated heterocycles. The smallest absolute Gasteiger partial charge is 0.133 e. The summed E-state index contributed by atoms with van der Waals surface area (Å²) in [6, 6.07) is 8.41. The van der Waals surface area contributed by atoms with Gasteiger partial charge in [-0.3, -0.25) is 4.90 Å². The molecule has 0 amide bonds. The molecule has 1 N–H and O–H groups in total. The lowest BCUT2D eigenvalue weighted by atomic mass is 10.1. The molecule has 0 bridgehead atoms. The number of aldehydes is 1. The van der Waals surface area contributed by atoms with E-state index in [-0.39, 0.29) is 0 Å². The number of nitrogens with one attached hydrogen (secondary N) is 1. The summed E-state index contributed by atoms with van der Waals surface area (Å²) < 4.78 is 0. The lowest BCUT2D eigenvalue weighted by Crippen LogP contribution is -2.31. The number of nitrogens with zero attached hydrogens (tertiary/aromatic N) is 1. The maximum atomic E-state index is 10.6. The summed E-state index contributed by atoms with van der Waals surface area (Å²) in [5.74, 6) is 0. The van der Waals surface area contributed by atoms with Crippen molar-refractivity contribution < 1.29 is 4.79 Å².